The van der Waals surface area contributed by atoms with E-state index < -0.39 is 15.8 Å². The minimum atomic E-state index is -3.96. The van der Waals surface area contributed by atoms with Crippen molar-refractivity contribution in [3.05, 3.63) is 71.4 Å². The SMILES string of the molecule is O=S(=O)(c1ccc(Cl)cc1F)N(Cc1ccccc1)CC1CC[CH]CC1. The molecule has 0 aromatic heterocycles. The van der Waals surface area contributed by atoms with Crippen LogP contribution in [0, 0.1) is 18.2 Å². The van der Waals surface area contributed by atoms with E-state index >= 15 is 0 Å². The summed E-state index contributed by atoms with van der Waals surface area (Å²) in [6, 6.07) is 13.1. The third-order valence-electron chi connectivity index (χ3n) is 4.73. The Kier molecular flexibility index (Phi) is 6.33. The van der Waals surface area contributed by atoms with E-state index in [4.69, 9.17) is 11.6 Å². The molecule has 26 heavy (non-hydrogen) atoms. The van der Waals surface area contributed by atoms with Gasteiger partial charge in [-0.1, -0.05) is 41.9 Å². The van der Waals surface area contributed by atoms with Gasteiger partial charge in [0.15, 0.2) is 0 Å². The Hall–Kier alpha value is -1.43. The maximum Gasteiger partial charge on any atom is 0.246 e. The van der Waals surface area contributed by atoms with E-state index in [-0.39, 0.29) is 22.4 Å². The molecule has 1 saturated carbocycles. The fraction of sp³-hybridized carbons (Fsp3) is 0.350. The van der Waals surface area contributed by atoms with Gasteiger partial charge in [0.05, 0.1) is 0 Å². The van der Waals surface area contributed by atoms with Crippen LogP contribution in [0.2, 0.25) is 5.02 Å². The topological polar surface area (TPSA) is 37.4 Å². The summed E-state index contributed by atoms with van der Waals surface area (Å²) >= 11 is 5.78. The van der Waals surface area contributed by atoms with Crippen LogP contribution in [0.25, 0.3) is 0 Å². The summed E-state index contributed by atoms with van der Waals surface area (Å²) < 4.78 is 42.1. The molecular formula is C20H22ClFNO2S. The fourth-order valence-electron chi connectivity index (χ4n) is 3.32. The Morgan fingerprint density at radius 3 is 2.42 bits per heavy atom. The van der Waals surface area contributed by atoms with Crippen molar-refractivity contribution >= 4 is 21.6 Å². The largest absolute Gasteiger partial charge is 0.246 e. The van der Waals surface area contributed by atoms with E-state index in [1.807, 2.05) is 30.3 Å². The third-order valence-corrected chi connectivity index (χ3v) is 6.81. The number of nitrogens with zero attached hydrogens (tertiary/aromatic N) is 1. The predicted molar refractivity (Wildman–Crippen MR) is 102 cm³/mol. The fourth-order valence-corrected chi connectivity index (χ4v) is 5.03. The van der Waals surface area contributed by atoms with E-state index in [0.29, 0.717) is 6.54 Å². The van der Waals surface area contributed by atoms with Crippen molar-refractivity contribution in [2.45, 2.75) is 37.1 Å². The van der Waals surface area contributed by atoms with Crippen LogP contribution in [0.4, 0.5) is 4.39 Å². The lowest BCUT2D eigenvalue weighted by atomic mass is 9.89. The third kappa shape index (κ3) is 4.64. The van der Waals surface area contributed by atoms with Crippen LogP contribution in [-0.4, -0.2) is 19.3 Å². The minimum Gasteiger partial charge on any atom is -0.207 e. The molecule has 0 aliphatic heterocycles. The van der Waals surface area contributed by atoms with Crippen LogP contribution in [0.5, 0.6) is 0 Å². The van der Waals surface area contributed by atoms with Crippen LogP contribution in [0.15, 0.2) is 53.4 Å². The summed E-state index contributed by atoms with van der Waals surface area (Å²) in [6.07, 6.45) is 6.16. The first-order valence-electron chi connectivity index (χ1n) is 8.77. The average Bonchev–Trinajstić information content (AvgIpc) is 2.62. The molecule has 139 valence electrons. The lowest BCUT2D eigenvalue weighted by Gasteiger charge is -2.29. The van der Waals surface area contributed by atoms with Gasteiger partial charge >= 0.3 is 0 Å². The lowest BCUT2D eigenvalue weighted by Crippen LogP contribution is -2.36. The smallest absolute Gasteiger partial charge is 0.207 e. The summed E-state index contributed by atoms with van der Waals surface area (Å²) in [4.78, 5) is -0.319. The molecule has 3 rings (SSSR count). The number of rotatable bonds is 6. The molecule has 0 saturated heterocycles. The first kappa shape index (κ1) is 19.3. The molecule has 0 heterocycles. The Balaban J connectivity index is 1.92. The molecule has 0 atom stereocenters. The van der Waals surface area contributed by atoms with Gasteiger partial charge in [0.2, 0.25) is 10.0 Å². The van der Waals surface area contributed by atoms with Gasteiger partial charge in [-0.25, -0.2) is 12.8 Å². The second-order valence-corrected chi connectivity index (χ2v) is 9.01. The second kappa shape index (κ2) is 8.51. The Labute approximate surface area is 159 Å². The van der Waals surface area contributed by atoms with Gasteiger partial charge in [-0.15, -0.1) is 0 Å². The molecule has 0 amide bonds. The first-order chi connectivity index (χ1) is 12.5. The summed E-state index contributed by atoms with van der Waals surface area (Å²) in [5.74, 6) is -0.526. The van der Waals surface area contributed by atoms with Gasteiger partial charge in [0.25, 0.3) is 0 Å². The van der Waals surface area contributed by atoms with Crippen molar-refractivity contribution in [2.75, 3.05) is 6.54 Å². The molecule has 1 fully saturated rings. The molecule has 0 N–H and O–H groups in total. The number of hydrogen-bond acceptors (Lipinski definition) is 2. The zero-order chi connectivity index (χ0) is 18.6. The standard InChI is InChI=1S/C20H22ClFNO2S/c21-18-11-12-20(19(22)13-18)26(24,25)23(14-16-7-3-1-4-8-16)15-17-9-5-2-6-10-17/h1-4,7-8,11-13,17H,5-6,9-10,14-15H2. The van der Waals surface area contributed by atoms with Crippen molar-refractivity contribution in [3.8, 4) is 0 Å². The van der Waals surface area contributed by atoms with Gasteiger partial charge in [-0.2, -0.15) is 4.31 Å². The van der Waals surface area contributed by atoms with Crippen LogP contribution >= 0.6 is 11.6 Å². The molecule has 0 bridgehead atoms. The zero-order valence-corrected chi connectivity index (χ0v) is 16.0. The quantitative estimate of drug-likeness (QED) is 0.686. The number of benzene rings is 2. The van der Waals surface area contributed by atoms with Crippen LogP contribution in [0.1, 0.15) is 31.2 Å². The number of hydrogen-bond donors (Lipinski definition) is 0. The van der Waals surface area contributed by atoms with E-state index in [1.165, 1.54) is 16.4 Å². The molecule has 2 aromatic rings. The molecule has 1 aliphatic carbocycles. The van der Waals surface area contributed by atoms with E-state index in [0.717, 1.165) is 37.3 Å². The molecule has 2 aromatic carbocycles. The molecule has 6 heteroatoms. The van der Waals surface area contributed by atoms with Gasteiger partial charge < -0.3 is 0 Å². The lowest BCUT2D eigenvalue weighted by molar-refractivity contribution is 0.294. The molecular weight excluding hydrogens is 373 g/mol. The Morgan fingerprint density at radius 2 is 1.77 bits per heavy atom. The van der Waals surface area contributed by atoms with Crippen molar-refractivity contribution in [1.82, 2.24) is 4.31 Å². The van der Waals surface area contributed by atoms with E-state index in [1.54, 1.807) is 0 Å². The summed E-state index contributed by atoms with van der Waals surface area (Å²) in [5.41, 5.74) is 0.882. The predicted octanol–water partition coefficient (Wildman–Crippen LogP) is 5.06. The summed E-state index contributed by atoms with van der Waals surface area (Å²) in [5, 5.41) is 0.180. The Morgan fingerprint density at radius 1 is 1.08 bits per heavy atom. The van der Waals surface area contributed by atoms with Crippen molar-refractivity contribution < 1.29 is 12.8 Å². The number of halogens is 2. The molecule has 1 aliphatic rings. The highest BCUT2D eigenvalue weighted by Gasteiger charge is 2.30. The zero-order valence-electron chi connectivity index (χ0n) is 14.4. The molecule has 0 spiro atoms. The monoisotopic (exact) mass is 394 g/mol. The Bertz CT molecular complexity index is 836. The van der Waals surface area contributed by atoms with Gasteiger partial charge in [-0.05, 0) is 61.8 Å². The molecule has 3 nitrogen and oxygen atoms in total. The summed E-state index contributed by atoms with van der Waals surface area (Å²) in [7, 11) is -3.96. The highest BCUT2D eigenvalue weighted by atomic mass is 35.5. The van der Waals surface area contributed by atoms with Crippen LogP contribution in [0.3, 0.4) is 0 Å². The maximum atomic E-state index is 14.3. The van der Waals surface area contributed by atoms with E-state index in [2.05, 4.69) is 6.42 Å². The van der Waals surface area contributed by atoms with Crippen LogP contribution < -0.4 is 0 Å². The highest BCUT2D eigenvalue weighted by molar-refractivity contribution is 7.89. The van der Waals surface area contributed by atoms with Gasteiger partial charge in [0.1, 0.15) is 10.7 Å². The van der Waals surface area contributed by atoms with Crippen molar-refractivity contribution in [2.24, 2.45) is 5.92 Å². The second-order valence-electron chi connectivity index (χ2n) is 6.67. The molecule has 1 radical (unpaired) electrons. The van der Waals surface area contributed by atoms with Crippen LogP contribution in [-0.2, 0) is 16.6 Å². The summed E-state index contributed by atoms with van der Waals surface area (Å²) in [6.45, 7) is 0.624. The van der Waals surface area contributed by atoms with E-state index in [9.17, 15) is 12.8 Å². The van der Waals surface area contributed by atoms with Gasteiger partial charge in [0, 0.05) is 18.1 Å². The molecule has 0 unspecified atom stereocenters. The highest BCUT2D eigenvalue weighted by Crippen LogP contribution is 2.29. The van der Waals surface area contributed by atoms with Crippen molar-refractivity contribution in [1.29, 1.82) is 0 Å². The normalized spacial score (nSPS) is 16.1. The number of sulfonamides is 1. The first-order valence-corrected chi connectivity index (χ1v) is 10.6. The van der Waals surface area contributed by atoms with Crippen molar-refractivity contribution in [3.63, 3.8) is 0 Å². The minimum absolute atomic E-state index is 0.180. The van der Waals surface area contributed by atoms with Gasteiger partial charge in [-0.3, -0.25) is 0 Å². The maximum absolute atomic E-state index is 14.3. The average molecular weight is 395 g/mol.